The average Bonchev–Trinajstić information content (AvgIpc) is 2.98. The standard InChI is InChI=1S/C15H14N2O3S/c1-9-7-17-4-3-11(5-13(17)14(9)15(18)19)20-8-12-6-16-10(2)21-12/h3-7H,8H2,1-2H3,(H,18,19). The highest BCUT2D eigenvalue weighted by Gasteiger charge is 2.14. The lowest BCUT2D eigenvalue weighted by atomic mass is 10.2. The van der Waals surface area contributed by atoms with Crippen LogP contribution in [-0.2, 0) is 6.61 Å². The monoisotopic (exact) mass is 302 g/mol. The quantitative estimate of drug-likeness (QED) is 0.803. The lowest BCUT2D eigenvalue weighted by Gasteiger charge is -2.05. The summed E-state index contributed by atoms with van der Waals surface area (Å²) in [5, 5.41) is 10.3. The van der Waals surface area contributed by atoms with Crippen LogP contribution in [0.5, 0.6) is 5.75 Å². The molecule has 0 radical (unpaired) electrons. The second kappa shape index (κ2) is 5.21. The Kier molecular flexibility index (Phi) is 3.39. The zero-order valence-electron chi connectivity index (χ0n) is 11.7. The van der Waals surface area contributed by atoms with E-state index >= 15 is 0 Å². The molecule has 0 unspecified atom stereocenters. The number of thiazole rings is 1. The summed E-state index contributed by atoms with van der Waals surface area (Å²) in [6.07, 6.45) is 5.40. The van der Waals surface area contributed by atoms with E-state index in [0.717, 1.165) is 15.4 Å². The topological polar surface area (TPSA) is 63.8 Å². The second-order valence-electron chi connectivity index (χ2n) is 4.78. The number of hydrogen-bond donors (Lipinski definition) is 1. The van der Waals surface area contributed by atoms with Crippen molar-refractivity contribution in [3.63, 3.8) is 0 Å². The molecule has 0 amide bonds. The first-order chi connectivity index (χ1) is 10.0. The van der Waals surface area contributed by atoms with E-state index in [0.29, 0.717) is 23.4 Å². The molecule has 6 heteroatoms. The molecule has 3 aromatic rings. The molecule has 0 saturated carbocycles. The van der Waals surface area contributed by atoms with E-state index < -0.39 is 5.97 Å². The van der Waals surface area contributed by atoms with Gasteiger partial charge in [0.25, 0.3) is 0 Å². The summed E-state index contributed by atoms with van der Waals surface area (Å²) in [4.78, 5) is 16.5. The fourth-order valence-electron chi connectivity index (χ4n) is 2.28. The van der Waals surface area contributed by atoms with Gasteiger partial charge in [-0.25, -0.2) is 9.78 Å². The number of aryl methyl sites for hydroxylation is 2. The minimum atomic E-state index is -0.926. The van der Waals surface area contributed by atoms with Crippen LogP contribution in [0.15, 0.2) is 30.7 Å². The van der Waals surface area contributed by atoms with E-state index in [9.17, 15) is 9.90 Å². The highest BCUT2D eigenvalue weighted by molar-refractivity contribution is 7.11. The summed E-state index contributed by atoms with van der Waals surface area (Å²) in [5.74, 6) is -0.278. The maximum Gasteiger partial charge on any atom is 0.338 e. The van der Waals surface area contributed by atoms with Gasteiger partial charge in [0.15, 0.2) is 0 Å². The van der Waals surface area contributed by atoms with Crippen molar-refractivity contribution in [2.24, 2.45) is 0 Å². The molecule has 0 bridgehead atoms. The molecule has 3 aromatic heterocycles. The molecule has 0 aromatic carbocycles. The number of pyridine rings is 1. The number of aromatic carboxylic acids is 1. The molecule has 3 rings (SSSR count). The minimum absolute atomic E-state index is 0.314. The van der Waals surface area contributed by atoms with Crippen molar-refractivity contribution in [2.45, 2.75) is 20.5 Å². The Morgan fingerprint density at radius 3 is 2.95 bits per heavy atom. The van der Waals surface area contributed by atoms with Gasteiger partial charge in [0, 0.05) is 24.7 Å². The zero-order valence-corrected chi connectivity index (χ0v) is 12.5. The SMILES string of the molecule is Cc1ncc(COc2ccn3cc(C)c(C(=O)O)c3c2)s1. The molecule has 1 N–H and O–H groups in total. The number of carboxylic acid groups (broad SMARTS) is 1. The Morgan fingerprint density at radius 1 is 1.48 bits per heavy atom. The smallest absolute Gasteiger partial charge is 0.338 e. The first-order valence-electron chi connectivity index (χ1n) is 6.43. The maximum absolute atomic E-state index is 11.3. The van der Waals surface area contributed by atoms with Crippen LogP contribution in [0.3, 0.4) is 0 Å². The number of rotatable bonds is 4. The molecule has 0 aliphatic carbocycles. The Bertz CT molecular complexity index is 820. The Balaban J connectivity index is 1.89. The van der Waals surface area contributed by atoms with Gasteiger partial charge in [-0.2, -0.15) is 0 Å². The summed E-state index contributed by atoms with van der Waals surface area (Å²) >= 11 is 1.59. The number of carboxylic acids is 1. The molecule has 0 spiro atoms. The molecular weight excluding hydrogens is 288 g/mol. The van der Waals surface area contributed by atoms with Gasteiger partial charge in [0.2, 0.25) is 0 Å². The van der Waals surface area contributed by atoms with Crippen LogP contribution in [0.4, 0.5) is 0 Å². The van der Waals surface area contributed by atoms with Crippen LogP contribution >= 0.6 is 11.3 Å². The highest BCUT2D eigenvalue weighted by atomic mass is 32.1. The summed E-state index contributed by atoms with van der Waals surface area (Å²) in [5.41, 5.74) is 1.69. The molecule has 0 saturated heterocycles. The van der Waals surface area contributed by atoms with Gasteiger partial charge in [-0.3, -0.25) is 0 Å². The highest BCUT2D eigenvalue weighted by Crippen LogP contribution is 2.23. The number of aromatic nitrogens is 2. The van der Waals surface area contributed by atoms with E-state index in [-0.39, 0.29) is 0 Å². The van der Waals surface area contributed by atoms with Crippen LogP contribution in [-0.4, -0.2) is 20.5 Å². The van der Waals surface area contributed by atoms with Crippen LogP contribution in [0.25, 0.3) is 5.52 Å². The molecule has 3 heterocycles. The fraction of sp³-hybridized carbons (Fsp3) is 0.200. The average molecular weight is 302 g/mol. The van der Waals surface area contributed by atoms with Crippen molar-refractivity contribution in [1.29, 1.82) is 0 Å². The predicted molar refractivity (Wildman–Crippen MR) is 80.3 cm³/mol. The molecule has 0 aliphatic rings. The summed E-state index contributed by atoms with van der Waals surface area (Å²) < 4.78 is 7.52. The van der Waals surface area contributed by atoms with Gasteiger partial charge in [-0.05, 0) is 25.5 Å². The van der Waals surface area contributed by atoms with E-state index in [1.165, 1.54) is 0 Å². The second-order valence-corrected chi connectivity index (χ2v) is 6.10. The number of nitrogens with zero attached hydrogens (tertiary/aromatic N) is 2. The molecule has 0 aliphatic heterocycles. The molecule has 108 valence electrons. The molecule has 21 heavy (non-hydrogen) atoms. The first-order valence-corrected chi connectivity index (χ1v) is 7.25. The van der Waals surface area contributed by atoms with E-state index in [2.05, 4.69) is 4.98 Å². The predicted octanol–water partition coefficient (Wildman–Crippen LogP) is 3.29. The van der Waals surface area contributed by atoms with Gasteiger partial charge >= 0.3 is 5.97 Å². The Morgan fingerprint density at radius 2 is 2.29 bits per heavy atom. The largest absolute Gasteiger partial charge is 0.488 e. The van der Waals surface area contributed by atoms with Crippen molar-refractivity contribution >= 4 is 22.8 Å². The Labute approximate surface area is 125 Å². The zero-order chi connectivity index (χ0) is 15.0. The third-order valence-electron chi connectivity index (χ3n) is 3.20. The molecule has 0 fully saturated rings. The van der Waals surface area contributed by atoms with Crippen molar-refractivity contribution < 1.29 is 14.6 Å². The van der Waals surface area contributed by atoms with Crippen LogP contribution in [0.2, 0.25) is 0 Å². The van der Waals surface area contributed by atoms with Gasteiger partial charge in [0.05, 0.1) is 21.0 Å². The summed E-state index contributed by atoms with van der Waals surface area (Å²) in [7, 11) is 0. The number of fused-ring (bicyclic) bond motifs is 1. The van der Waals surface area contributed by atoms with Gasteiger partial charge in [-0.1, -0.05) is 0 Å². The van der Waals surface area contributed by atoms with Crippen molar-refractivity contribution in [3.8, 4) is 5.75 Å². The van der Waals surface area contributed by atoms with Crippen LogP contribution in [0.1, 0.15) is 25.8 Å². The van der Waals surface area contributed by atoms with Crippen molar-refractivity contribution in [3.05, 3.63) is 51.7 Å². The lowest BCUT2D eigenvalue weighted by molar-refractivity contribution is 0.0698. The third-order valence-corrected chi connectivity index (χ3v) is 4.09. The van der Waals surface area contributed by atoms with Crippen LogP contribution < -0.4 is 4.74 Å². The first kappa shape index (κ1) is 13.6. The molecule has 5 nitrogen and oxygen atoms in total. The van der Waals surface area contributed by atoms with Gasteiger partial charge in [0.1, 0.15) is 12.4 Å². The Hall–Kier alpha value is -2.34. The number of hydrogen-bond acceptors (Lipinski definition) is 4. The van der Waals surface area contributed by atoms with E-state index in [4.69, 9.17) is 4.74 Å². The van der Waals surface area contributed by atoms with Crippen molar-refractivity contribution in [1.82, 2.24) is 9.38 Å². The minimum Gasteiger partial charge on any atom is -0.488 e. The van der Waals surface area contributed by atoms with Gasteiger partial charge in [-0.15, -0.1) is 11.3 Å². The number of carbonyl (C=O) groups is 1. The molecule has 0 atom stereocenters. The lowest BCUT2D eigenvalue weighted by Crippen LogP contribution is -1.98. The third kappa shape index (κ3) is 2.62. The normalized spacial score (nSPS) is 11.0. The summed E-state index contributed by atoms with van der Waals surface area (Å²) in [6, 6.07) is 3.58. The van der Waals surface area contributed by atoms with Gasteiger partial charge < -0.3 is 14.2 Å². The van der Waals surface area contributed by atoms with Crippen molar-refractivity contribution in [2.75, 3.05) is 0 Å². The molecular formula is C15H14N2O3S. The van der Waals surface area contributed by atoms with E-state index in [1.54, 1.807) is 41.1 Å². The maximum atomic E-state index is 11.3. The summed E-state index contributed by atoms with van der Waals surface area (Å²) in [6.45, 7) is 4.17. The van der Waals surface area contributed by atoms with E-state index in [1.807, 2.05) is 19.2 Å². The fourth-order valence-corrected chi connectivity index (χ4v) is 2.98. The van der Waals surface area contributed by atoms with Crippen LogP contribution in [0, 0.1) is 13.8 Å². The number of ether oxygens (including phenoxy) is 1.